The molecule has 110 heavy (non-hydrogen) atoms. The smallest absolute Gasteiger partial charge is 0.0547 e. The van der Waals surface area contributed by atoms with Crippen LogP contribution in [0.4, 0.5) is 34.1 Å². The summed E-state index contributed by atoms with van der Waals surface area (Å²) < 4.78 is 4.79. The van der Waals surface area contributed by atoms with E-state index in [1.54, 1.807) is 0 Å². The van der Waals surface area contributed by atoms with Gasteiger partial charge in [0.25, 0.3) is 0 Å². The summed E-state index contributed by atoms with van der Waals surface area (Å²) in [5.41, 5.74) is 25.9. The summed E-state index contributed by atoms with van der Waals surface area (Å²) in [6.45, 7) is 0. The van der Waals surface area contributed by atoms with Crippen LogP contribution < -0.4 is 9.80 Å². The Labute approximate surface area is 639 Å². The fourth-order valence-electron chi connectivity index (χ4n) is 16.4. The molecule has 21 aromatic rings. The van der Waals surface area contributed by atoms with Gasteiger partial charge in [-0.05, 0) is 256 Å². The number of hydrogen-bond donors (Lipinski definition) is 0. The average molecular weight is 1400 g/mol. The number of fused-ring (bicyclic) bond motifs is 10. The molecule has 516 valence electrons. The van der Waals surface area contributed by atoms with Gasteiger partial charge in [0.15, 0.2) is 0 Å². The van der Waals surface area contributed by atoms with Crippen LogP contribution in [-0.2, 0) is 0 Å². The zero-order chi connectivity index (χ0) is 72.9. The maximum absolute atomic E-state index is 2.40. The van der Waals surface area contributed by atoms with Crippen LogP contribution in [-0.4, -0.2) is 9.13 Å². The Morgan fingerprint density at radius 2 is 0.391 bits per heavy atom. The highest BCUT2D eigenvalue weighted by Crippen LogP contribution is 2.44. The number of aromatic nitrogens is 2. The Balaban J connectivity index is 0.000000145. The molecule has 0 saturated carbocycles. The largest absolute Gasteiger partial charge is 0.311 e. The first-order chi connectivity index (χ1) is 54.5. The van der Waals surface area contributed by atoms with Crippen LogP contribution in [0.1, 0.15) is 0 Å². The molecule has 0 aliphatic rings. The third kappa shape index (κ3) is 12.2. The molecular formula is C106H72N4. The molecule has 0 unspecified atom stereocenters. The normalized spacial score (nSPS) is 11.5. The Morgan fingerprint density at radius 3 is 0.791 bits per heavy atom. The van der Waals surface area contributed by atoms with E-state index in [-0.39, 0.29) is 0 Å². The van der Waals surface area contributed by atoms with Gasteiger partial charge in [0.05, 0.1) is 22.1 Å². The van der Waals surface area contributed by atoms with Crippen LogP contribution >= 0.6 is 0 Å². The Hall–Kier alpha value is -14.6. The van der Waals surface area contributed by atoms with E-state index in [4.69, 9.17) is 0 Å². The van der Waals surface area contributed by atoms with E-state index >= 15 is 0 Å². The molecule has 0 saturated heterocycles. The van der Waals surface area contributed by atoms with E-state index < -0.39 is 0 Å². The predicted molar refractivity (Wildman–Crippen MR) is 468 cm³/mol. The fraction of sp³-hybridized carbons (Fsp3) is 0. The minimum atomic E-state index is 1.11. The molecule has 2 heterocycles. The van der Waals surface area contributed by atoms with Crippen LogP contribution in [0.15, 0.2) is 437 Å². The summed E-state index contributed by atoms with van der Waals surface area (Å²) in [5.74, 6) is 0. The lowest BCUT2D eigenvalue weighted by atomic mass is 9.98. The molecule has 4 heteroatoms. The molecule has 4 nitrogen and oxygen atoms in total. The van der Waals surface area contributed by atoms with Gasteiger partial charge in [0.1, 0.15) is 0 Å². The van der Waals surface area contributed by atoms with Gasteiger partial charge in [-0.25, -0.2) is 0 Å². The first kappa shape index (κ1) is 65.0. The highest BCUT2D eigenvalue weighted by atomic mass is 15.1. The quantitative estimate of drug-likeness (QED) is 0.114. The Bertz CT molecular complexity index is 6970. The van der Waals surface area contributed by atoms with Gasteiger partial charge in [-0.15, -0.1) is 0 Å². The van der Waals surface area contributed by atoms with Gasteiger partial charge in [-0.3, -0.25) is 0 Å². The standard InChI is InChI=1S/C56H38N2.C50H34N2/c1-3-17-49(18-4-1)57(52-21-11-16-44(35-52)47-27-26-39-12-7-8-13-43(39)34-47)51-31-28-41(29-32-51)40-22-24-42(25-23-40)48-30-33-55-53(37-48)54-36-45-14-9-10-15-46(45)38-56(54)58(55)50-19-5-2-6-20-50;1-3-15-43(16-4-1)51(45-26-21-36(22-27-45)41-20-19-35-11-7-8-12-38(35)31-41)46-28-23-37(24-29-46)42-25-30-49-47(33-42)48-32-39-13-9-10-14-40(39)34-50(48)52(49)44-17-5-2-6-18-44/h1-38H;1-34H. The van der Waals surface area contributed by atoms with Crippen molar-refractivity contribution < 1.29 is 0 Å². The molecule has 0 fully saturated rings. The molecule has 0 radical (unpaired) electrons. The Morgan fingerprint density at radius 1 is 0.136 bits per heavy atom. The molecule has 0 atom stereocenters. The first-order valence-electron chi connectivity index (χ1n) is 37.8. The zero-order valence-corrected chi connectivity index (χ0v) is 60.4. The average Bonchev–Trinajstić information content (AvgIpc) is 1.59. The minimum absolute atomic E-state index is 1.11. The molecule has 0 aliphatic carbocycles. The zero-order valence-electron chi connectivity index (χ0n) is 60.4. The van der Waals surface area contributed by atoms with Gasteiger partial charge >= 0.3 is 0 Å². The number of para-hydroxylation sites is 4. The van der Waals surface area contributed by atoms with Crippen molar-refractivity contribution in [1.29, 1.82) is 0 Å². The Kier molecular flexibility index (Phi) is 16.6. The monoisotopic (exact) mass is 1400 g/mol. The second-order valence-corrected chi connectivity index (χ2v) is 28.5. The SMILES string of the molecule is c1ccc(N(c2ccc(-c3ccc(-c4ccc5c(c4)c4cc6ccccc6cc4n5-c4ccccc4)cc3)cc2)c2cccc(-c3ccc4ccccc4c3)c2)cc1.c1ccc(N(c2ccc(-c3ccc4ccccc4c3)cc2)c2ccc(-c3ccc4c(c3)c3cc5ccccc5cc3n4-c3ccccc3)cc2)cc1. The van der Waals surface area contributed by atoms with E-state index in [1.165, 1.54) is 154 Å². The molecule has 2 aromatic heterocycles. The summed E-state index contributed by atoms with van der Waals surface area (Å²) in [4.78, 5) is 4.67. The van der Waals surface area contributed by atoms with Gasteiger partial charge in [0.2, 0.25) is 0 Å². The van der Waals surface area contributed by atoms with Gasteiger partial charge in [-0.2, -0.15) is 0 Å². The van der Waals surface area contributed by atoms with Crippen molar-refractivity contribution in [3.05, 3.63) is 437 Å². The number of anilines is 6. The van der Waals surface area contributed by atoms with E-state index in [2.05, 4.69) is 456 Å². The first-order valence-corrected chi connectivity index (χ1v) is 37.8. The summed E-state index contributed by atoms with van der Waals surface area (Å²) in [6, 6.07) is 158. The maximum atomic E-state index is 2.40. The van der Waals surface area contributed by atoms with Crippen molar-refractivity contribution in [3.63, 3.8) is 0 Å². The molecule has 0 aliphatic heterocycles. The summed E-state index contributed by atoms with van der Waals surface area (Å²) in [6.07, 6.45) is 0. The third-order valence-corrected chi connectivity index (χ3v) is 21.9. The van der Waals surface area contributed by atoms with Gasteiger partial charge in [0, 0.05) is 67.0 Å². The third-order valence-electron chi connectivity index (χ3n) is 21.9. The van der Waals surface area contributed by atoms with Crippen LogP contribution in [0.3, 0.4) is 0 Å². The number of rotatable bonds is 13. The van der Waals surface area contributed by atoms with Crippen molar-refractivity contribution >= 4 is 121 Å². The second-order valence-electron chi connectivity index (χ2n) is 28.5. The van der Waals surface area contributed by atoms with Gasteiger partial charge < -0.3 is 18.9 Å². The number of hydrogen-bond acceptors (Lipinski definition) is 2. The molecule has 0 spiro atoms. The fourth-order valence-corrected chi connectivity index (χ4v) is 16.4. The molecule has 0 N–H and O–H groups in total. The van der Waals surface area contributed by atoms with Crippen LogP contribution in [0.2, 0.25) is 0 Å². The maximum Gasteiger partial charge on any atom is 0.0547 e. The second kappa shape index (κ2) is 28.0. The summed E-state index contributed by atoms with van der Waals surface area (Å²) in [5, 5.41) is 15.1. The number of nitrogens with zero attached hydrogens (tertiary/aromatic N) is 4. The van der Waals surface area contributed by atoms with Crippen molar-refractivity contribution in [3.8, 4) is 67.0 Å². The van der Waals surface area contributed by atoms with E-state index in [0.717, 1.165) is 34.1 Å². The lowest BCUT2D eigenvalue weighted by Crippen LogP contribution is -2.09. The van der Waals surface area contributed by atoms with Gasteiger partial charge in [-0.1, -0.05) is 279 Å². The van der Waals surface area contributed by atoms with E-state index in [1.807, 2.05) is 0 Å². The molecular weight excluding hydrogens is 1330 g/mol. The predicted octanol–water partition coefficient (Wildman–Crippen LogP) is 29.5. The molecule has 21 rings (SSSR count). The van der Waals surface area contributed by atoms with Crippen molar-refractivity contribution in [1.82, 2.24) is 9.13 Å². The van der Waals surface area contributed by atoms with Crippen molar-refractivity contribution in [2.75, 3.05) is 9.80 Å². The van der Waals surface area contributed by atoms with Crippen molar-refractivity contribution in [2.45, 2.75) is 0 Å². The molecule has 19 aromatic carbocycles. The molecule has 0 bridgehead atoms. The molecule has 0 amide bonds. The van der Waals surface area contributed by atoms with Crippen molar-refractivity contribution in [2.24, 2.45) is 0 Å². The lowest BCUT2D eigenvalue weighted by Gasteiger charge is -2.26. The summed E-state index contributed by atoms with van der Waals surface area (Å²) >= 11 is 0. The van der Waals surface area contributed by atoms with E-state index in [9.17, 15) is 0 Å². The number of benzene rings is 19. The summed E-state index contributed by atoms with van der Waals surface area (Å²) in [7, 11) is 0. The lowest BCUT2D eigenvalue weighted by molar-refractivity contribution is 1.18. The van der Waals surface area contributed by atoms with E-state index in [0.29, 0.717) is 0 Å². The highest BCUT2D eigenvalue weighted by Gasteiger charge is 2.20. The highest BCUT2D eigenvalue weighted by molar-refractivity contribution is 6.16. The topological polar surface area (TPSA) is 16.3 Å². The van der Waals surface area contributed by atoms with Crippen LogP contribution in [0.25, 0.3) is 154 Å². The van der Waals surface area contributed by atoms with Crippen LogP contribution in [0, 0.1) is 0 Å². The van der Waals surface area contributed by atoms with Crippen LogP contribution in [0.5, 0.6) is 0 Å². The minimum Gasteiger partial charge on any atom is -0.311 e.